The zero-order valence-electron chi connectivity index (χ0n) is 33.4. The van der Waals surface area contributed by atoms with Gasteiger partial charge in [0.25, 0.3) is 0 Å². The molecule has 0 aromatic heterocycles. The van der Waals surface area contributed by atoms with Crippen LogP contribution in [0.2, 0.25) is 0 Å². The van der Waals surface area contributed by atoms with Crippen LogP contribution >= 0.6 is 0 Å². The summed E-state index contributed by atoms with van der Waals surface area (Å²) < 4.78 is 54.8. The molecule has 1 aromatic carbocycles. The topological polar surface area (TPSA) is 109 Å². The van der Waals surface area contributed by atoms with Gasteiger partial charge in [0.15, 0.2) is 0 Å². The van der Waals surface area contributed by atoms with Gasteiger partial charge in [-0.05, 0) is 18.6 Å². The van der Waals surface area contributed by atoms with E-state index >= 15 is 0 Å². The van der Waals surface area contributed by atoms with E-state index in [1.807, 2.05) is 30.3 Å². The predicted octanol–water partition coefficient (Wildman–Crippen LogP) is 8.00. The van der Waals surface area contributed by atoms with Gasteiger partial charge in [0.1, 0.15) is 19.0 Å². The zero-order chi connectivity index (χ0) is 37.8. The Morgan fingerprint density at radius 1 is 0.377 bits per heavy atom. The molecule has 11 nitrogen and oxygen atoms in total. The maximum atomic E-state index is 11.9. The molecule has 0 radical (unpaired) electrons. The molecule has 310 valence electrons. The minimum absolute atomic E-state index is 0.129. The summed E-state index contributed by atoms with van der Waals surface area (Å²) in [6, 6.07) is 9.68. The Morgan fingerprint density at radius 2 is 0.679 bits per heavy atom. The van der Waals surface area contributed by atoms with Crippen LogP contribution in [0.25, 0.3) is 0 Å². The molecule has 0 saturated carbocycles. The van der Waals surface area contributed by atoms with Gasteiger partial charge in [-0.25, -0.2) is 0 Å². The third kappa shape index (κ3) is 39.7. The number of rotatable bonds is 44. The molecule has 1 aromatic rings. The lowest BCUT2D eigenvalue weighted by Crippen LogP contribution is -2.15. The van der Waals surface area contributed by atoms with E-state index in [4.69, 9.17) is 47.4 Å². The van der Waals surface area contributed by atoms with E-state index in [2.05, 4.69) is 6.92 Å². The van der Waals surface area contributed by atoms with Crippen molar-refractivity contribution in [2.75, 3.05) is 119 Å². The second kappa shape index (κ2) is 42.9. The third-order valence-electron chi connectivity index (χ3n) is 8.32. The molecular weight excluding hydrogens is 680 g/mol. The van der Waals surface area contributed by atoms with Crippen LogP contribution in [0.15, 0.2) is 30.3 Å². The maximum Gasteiger partial charge on any atom is 0.305 e. The molecule has 0 amide bonds. The van der Waals surface area contributed by atoms with E-state index < -0.39 is 0 Å². The van der Waals surface area contributed by atoms with Gasteiger partial charge in [-0.1, -0.05) is 115 Å². The monoisotopic (exact) mass is 757 g/mol. The summed E-state index contributed by atoms with van der Waals surface area (Å²) in [5, 5.41) is 0. The lowest BCUT2D eigenvalue weighted by atomic mass is 10.0. The van der Waals surface area contributed by atoms with Crippen LogP contribution in [0.1, 0.15) is 110 Å². The molecule has 0 N–H and O–H groups in total. The first-order chi connectivity index (χ1) is 26.3. The number of para-hydroxylation sites is 1. The van der Waals surface area contributed by atoms with Crippen LogP contribution in [0.3, 0.4) is 0 Å². The molecule has 1 rings (SSSR count). The van der Waals surface area contributed by atoms with Crippen LogP contribution in [0, 0.1) is 0 Å². The van der Waals surface area contributed by atoms with Gasteiger partial charge in [0, 0.05) is 6.42 Å². The summed E-state index contributed by atoms with van der Waals surface area (Å²) in [6.07, 6.45) is 20.2. The fourth-order valence-corrected chi connectivity index (χ4v) is 5.30. The van der Waals surface area contributed by atoms with Crippen molar-refractivity contribution in [2.24, 2.45) is 0 Å². The molecule has 0 spiro atoms. The Labute approximate surface area is 322 Å². The van der Waals surface area contributed by atoms with Crippen LogP contribution in [-0.2, 0) is 47.4 Å². The van der Waals surface area contributed by atoms with Gasteiger partial charge in [0.05, 0.1) is 106 Å². The number of ether oxygens (including phenoxy) is 10. The summed E-state index contributed by atoms with van der Waals surface area (Å²) in [7, 11) is 0. The summed E-state index contributed by atoms with van der Waals surface area (Å²) >= 11 is 0. The predicted molar refractivity (Wildman–Crippen MR) is 209 cm³/mol. The summed E-state index contributed by atoms with van der Waals surface area (Å²) in [4.78, 5) is 11.9. The van der Waals surface area contributed by atoms with Crippen LogP contribution in [0.4, 0.5) is 0 Å². The standard InChI is InChI=1S/C42H76O11/c1-2-3-4-5-6-7-8-9-10-11-12-13-14-15-19-22-42(43)53-40-38-51-36-34-49-32-30-47-28-26-45-24-23-44-25-27-46-29-31-48-33-35-50-37-39-52-41-20-17-16-18-21-41/h16-18,20-21H,2-15,19,22-40H2,1H3. The van der Waals surface area contributed by atoms with Crippen LogP contribution < -0.4 is 4.74 Å². The molecular formula is C42H76O11. The molecule has 11 heteroatoms. The molecule has 0 aliphatic rings. The van der Waals surface area contributed by atoms with E-state index in [1.54, 1.807) is 0 Å². The van der Waals surface area contributed by atoms with Crippen molar-refractivity contribution in [2.45, 2.75) is 110 Å². The highest BCUT2D eigenvalue weighted by molar-refractivity contribution is 5.69. The fourth-order valence-electron chi connectivity index (χ4n) is 5.30. The van der Waals surface area contributed by atoms with Crippen molar-refractivity contribution in [3.05, 3.63) is 30.3 Å². The van der Waals surface area contributed by atoms with E-state index in [0.717, 1.165) is 18.6 Å². The van der Waals surface area contributed by atoms with E-state index in [1.165, 1.54) is 83.5 Å². The SMILES string of the molecule is CCCCCCCCCCCCCCCCCC(=O)OCCOCCOCCOCCOCCOCCOCCOCCOCCOc1ccccc1. The first kappa shape index (κ1) is 49.2. The number of carbonyl (C=O) groups excluding carboxylic acids is 1. The van der Waals surface area contributed by atoms with Crippen molar-refractivity contribution in [3.8, 4) is 5.75 Å². The molecule has 0 aliphatic heterocycles. The Balaban J connectivity index is 1.64. The lowest BCUT2D eigenvalue weighted by molar-refractivity contribution is -0.145. The average Bonchev–Trinajstić information content (AvgIpc) is 3.17. The maximum absolute atomic E-state index is 11.9. The molecule has 0 aliphatic carbocycles. The first-order valence-corrected chi connectivity index (χ1v) is 20.8. The Hall–Kier alpha value is -1.83. The second-order valence-corrected chi connectivity index (χ2v) is 13.0. The third-order valence-corrected chi connectivity index (χ3v) is 8.32. The molecule has 0 heterocycles. The Morgan fingerprint density at radius 3 is 1.04 bits per heavy atom. The first-order valence-electron chi connectivity index (χ1n) is 20.8. The molecule has 0 unspecified atom stereocenters. The normalized spacial score (nSPS) is 11.3. The fraction of sp³-hybridized carbons (Fsp3) is 0.833. The molecule has 0 atom stereocenters. The second-order valence-electron chi connectivity index (χ2n) is 13.0. The van der Waals surface area contributed by atoms with E-state index in [9.17, 15) is 4.79 Å². The molecule has 0 bridgehead atoms. The average molecular weight is 757 g/mol. The van der Waals surface area contributed by atoms with Gasteiger partial charge in [-0.15, -0.1) is 0 Å². The highest BCUT2D eigenvalue weighted by Gasteiger charge is 2.03. The van der Waals surface area contributed by atoms with E-state index in [-0.39, 0.29) is 5.97 Å². The highest BCUT2D eigenvalue weighted by Crippen LogP contribution is 2.14. The zero-order valence-corrected chi connectivity index (χ0v) is 33.4. The summed E-state index contributed by atoms with van der Waals surface area (Å²) in [5.74, 6) is 0.716. The Kier molecular flexibility index (Phi) is 39.8. The summed E-state index contributed by atoms with van der Waals surface area (Å²) in [5.41, 5.74) is 0. The number of hydrogen-bond acceptors (Lipinski definition) is 11. The van der Waals surface area contributed by atoms with Crippen LogP contribution in [0.5, 0.6) is 5.75 Å². The molecule has 0 saturated heterocycles. The number of carbonyl (C=O) groups is 1. The van der Waals surface area contributed by atoms with Crippen molar-refractivity contribution < 1.29 is 52.2 Å². The summed E-state index contributed by atoms with van der Waals surface area (Å²) in [6.45, 7) is 11.0. The molecule has 53 heavy (non-hydrogen) atoms. The minimum Gasteiger partial charge on any atom is -0.491 e. The number of benzene rings is 1. The van der Waals surface area contributed by atoms with Crippen molar-refractivity contribution in [1.29, 1.82) is 0 Å². The van der Waals surface area contributed by atoms with Gasteiger partial charge in [0.2, 0.25) is 0 Å². The van der Waals surface area contributed by atoms with Crippen molar-refractivity contribution in [1.82, 2.24) is 0 Å². The van der Waals surface area contributed by atoms with E-state index in [0.29, 0.717) is 125 Å². The van der Waals surface area contributed by atoms with Crippen LogP contribution in [-0.4, -0.2) is 125 Å². The number of esters is 1. The van der Waals surface area contributed by atoms with Gasteiger partial charge in [-0.2, -0.15) is 0 Å². The number of unbranched alkanes of at least 4 members (excludes halogenated alkanes) is 14. The largest absolute Gasteiger partial charge is 0.491 e. The molecule has 0 fully saturated rings. The number of hydrogen-bond donors (Lipinski definition) is 0. The Bertz CT molecular complexity index is 846. The quantitative estimate of drug-likeness (QED) is 0.0477. The van der Waals surface area contributed by atoms with Crippen molar-refractivity contribution >= 4 is 5.97 Å². The minimum atomic E-state index is -0.129. The van der Waals surface area contributed by atoms with Gasteiger partial charge in [-0.3, -0.25) is 4.79 Å². The van der Waals surface area contributed by atoms with Gasteiger partial charge < -0.3 is 47.4 Å². The van der Waals surface area contributed by atoms with Gasteiger partial charge >= 0.3 is 5.97 Å². The lowest BCUT2D eigenvalue weighted by Gasteiger charge is -2.09. The van der Waals surface area contributed by atoms with Crippen molar-refractivity contribution in [3.63, 3.8) is 0 Å². The highest BCUT2D eigenvalue weighted by atomic mass is 16.6. The smallest absolute Gasteiger partial charge is 0.305 e.